The molecule has 6 nitrogen and oxygen atoms in total. The Labute approximate surface area is 125 Å². The lowest BCUT2D eigenvalue weighted by Crippen LogP contribution is -2.39. The summed E-state index contributed by atoms with van der Waals surface area (Å²) in [6.45, 7) is 5.55. The lowest BCUT2D eigenvalue weighted by molar-refractivity contribution is 0.0526. The monoisotopic (exact) mass is 314 g/mol. The number of benzene rings is 1. The van der Waals surface area contributed by atoms with Crippen molar-refractivity contribution in [1.82, 2.24) is 4.31 Å². The molecule has 7 heteroatoms. The second-order valence-corrected chi connectivity index (χ2v) is 6.77. The van der Waals surface area contributed by atoms with E-state index in [2.05, 4.69) is 0 Å². The van der Waals surface area contributed by atoms with Gasteiger partial charge in [0.2, 0.25) is 10.0 Å². The highest BCUT2D eigenvalue weighted by Crippen LogP contribution is 2.22. The summed E-state index contributed by atoms with van der Waals surface area (Å²) >= 11 is 0. The van der Waals surface area contributed by atoms with Crippen molar-refractivity contribution in [3.63, 3.8) is 0 Å². The van der Waals surface area contributed by atoms with Crippen LogP contribution in [0.2, 0.25) is 0 Å². The van der Waals surface area contributed by atoms with Gasteiger partial charge in [0.05, 0.1) is 17.1 Å². The van der Waals surface area contributed by atoms with Gasteiger partial charge in [0.25, 0.3) is 0 Å². The fourth-order valence-electron chi connectivity index (χ4n) is 1.76. The number of rotatable bonds is 6. The van der Waals surface area contributed by atoms with E-state index in [1.807, 2.05) is 0 Å². The minimum atomic E-state index is -3.71. The summed E-state index contributed by atoms with van der Waals surface area (Å²) in [4.78, 5) is 11.8. The molecule has 0 heterocycles. The van der Waals surface area contributed by atoms with Gasteiger partial charge < -0.3 is 10.5 Å². The van der Waals surface area contributed by atoms with Crippen LogP contribution in [0.25, 0.3) is 0 Å². The van der Waals surface area contributed by atoms with Crippen molar-refractivity contribution in [3.8, 4) is 0 Å². The Balaban J connectivity index is 3.29. The normalized spacial score (nSPS) is 13.2. The Morgan fingerprint density at radius 1 is 1.43 bits per heavy atom. The van der Waals surface area contributed by atoms with Crippen molar-refractivity contribution in [2.75, 3.05) is 20.2 Å². The predicted octanol–water partition coefficient (Wildman–Crippen LogP) is 1.14. The number of hydrogen-bond acceptors (Lipinski definition) is 5. The van der Waals surface area contributed by atoms with Crippen molar-refractivity contribution in [2.24, 2.45) is 5.73 Å². The average Bonchev–Trinajstić information content (AvgIpc) is 2.45. The zero-order chi connectivity index (χ0) is 16.2. The third kappa shape index (κ3) is 3.81. The Morgan fingerprint density at radius 2 is 2.05 bits per heavy atom. The lowest BCUT2D eigenvalue weighted by Gasteiger charge is -2.24. The maximum atomic E-state index is 12.6. The molecule has 1 rings (SSSR count). The molecule has 0 amide bonds. The molecule has 0 fully saturated rings. The number of aryl methyl sites for hydroxylation is 1. The van der Waals surface area contributed by atoms with Gasteiger partial charge >= 0.3 is 5.97 Å². The molecule has 2 N–H and O–H groups in total. The van der Waals surface area contributed by atoms with E-state index in [0.29, 0.717) is 5.56 Å². The SMILES string of the molecule is CCOC(=O)c1ccc(C)c(S(=O)(=O)N(C)C(C)CN)c1. The fraction of sp³-hybridized carbons (Fsp3) is 0.500. The molecule has 1 atom stereocenters. The number of nitrogens with zero attached hydrogens (tertiary/aromatic N) is 1. The molecule has 0 aliphatic rings. The molecule has 0 aromatic heterocycles. The van der Waals surface area contributed by atoms with E-state index in [0.717, 1.165) is 0 Å². The fourth-order valence-corrected chi connectivity index (χ4v) is 3.38. The zero-order valence-corrected chi connectivity index (χ0v) is 13.6. The standard InChI is InChI=1S/C14H22N2O4S/c1-5-20-14(17)12-7-6-10(2)13(8-12)21(18,19)16(4)11(3)9-15/h6-8,11H,5,9,15H2,1-4H3. The molecular weight excluding hydrogens is 292 g/mol. The molecule has 0 aliphatic carbocycles. The smallest absolute Gasteiger partial charge is 0.338 e. The van der Waals surface area contributed by atoms with Gasteiger partial charge in [-0.2, -0.15) is 4.31 Å². The van der Waals surface area contributed by atoms with E-state index in [-0.39, 0.29) is 29.7 Å². The van der Waals surface area contributed by atoms with Crippen LogP contribution in [0.1, 0.15) is 29.8 Å². The average molecular weight is 314 g/mol. The molecule has 0 aliphatic heterocycles. The van der Waals surface area contributed by atoms with Crippen LogP contribution in [0, 0.1) is 6.92 Å². The molecular formula is C14H22N2O4S. The molecule has 118 valence electrons. The Morgan fingerprint density at radius 3 is 2.57 bits per heavy atom. The highest BCUT2D eigenvalue weighted by atomic mass is 32.2. The van der Waals surface area contributed by atoms with Crippen molar-refractivity contribution in [1.29, 1.82) is 0 Å². The maximum Gasteiger partial charge on any atom is 0.338 e. The van der Waals surface area contributed by atoms with Crippen LogP contribution in [0.4, 0.5) is 0 Å². The second-order valence-electron chi connectivity index (χ2n) is 4.81. The first-order chi connectivity index (χ1) is 9.75. The van der Waals surface area contributed by atoms with E-state index in [9.17, 15) is 13.2 Å². The number of sulfonamides is 1. The van der Waals surface area contributed by atoms with Gasteiger partial charge in [-0.25, -0.2) is 13.2 Å². The van der Waals surface area contributed by atoms with Gasteiger partial charge in [0.15, 0.2) is 0 Å². The largest absolute Gasteiger partial charge is 0.462 e. The summed E-state index contributed by atoms with van der Waals surface area (Å²) in [6, 6.07) is 4.17. The summed E-state index contributed by atoms with van der Waals surface area (Å²) in [5.74, 6) is -0.538. The summed E-state index contributed by atoms with van der Waals surface area (Å²) in [7, 11) is -2.23. The molecule has 0 spiro atoms. The van der Waals surface area contributed by atoms with Crippen molar-refractivity contribution >= 4 is 16.0 Å². The summed E-state index contributed by atoms with van der Waals surface area (Å²) < 4.78 is 31.3. The van der Waals surface area contributed by atoms with Gasteiger partial charge in [-0.1, -0.05) is 6.07 Å². The van der Waals surface area contributed by atoms with Crippen LogP contribution in [0.3, 0.4) is 0 Å². The molecule has 0 saturated carbocycles. The predicted molar refractivity (Wildman–Crippen MR) is 80.6 cm³/mol. The van der Waals surface area contributed by atoms with Crippen LogP contribution in [0.15, 0.2) is 23.1 Å². The summed E-state index contributed by atoms with van der Waals surface area (Å²) in [5, 5.41) is 0. The highest BCUT2D eigenvalue weighted by Gasteiger charge is 2.27. The van der Waals surface area contributed by atoms with Crippen molar-refractivity contribution in [3.05, 3.63) is 29.3 Å². The van der Waals surface area contributed by atoms with Gasteiger partial charge in [-0.3, -0.25) is 0 Å². The number of esters is 1. The first-order valence-corrected chi connectivity index (χ1v) is 8.15. The Hall–Kier alpha value is -1.44. The van der Waals surface area contributed by atoms with E-state index in [4.69, 9.17) is 10.5 Å². The molecule has 21 heavy (non-hydrogen) atoms. The number of nitrogens with two attached hydrogens (primary N) is 1. The Kier molecular flexibility index (Phi) is 5.88. The summed E-state index contributed by atoms with van der Waals surface area (Å²) in [5.41, 5.74) is 6.31. The quantitative estimate of drug-likeness (QED) is 0.795. The van der Waals surface area contributed by atoms with Crippen molar-refractivity contribution in [2.45, 2.75) is 31.7 Å². The van der Waals surface area contributed by atoms with Gasteiger partial charge in [0.1, 0.15) is 0 Å². The van der Waals surface area contributed by atoms with Gasteiger partial charge in [-0.15, -0.1) is 0 Å². The minimum Gasteiger partial charge on any atom is -0.462 e. The molecule has 0 bridgehead atoms. The first-order valence-electron chi connectivity index (χ1n) is 6.71. The Bertz CT molecular complexity index is 613. The topological polar surface area (TPSA) is 89.7 Å². The lowest BCUT2D eigenvalue weighted by atomic mass is 10.1. The van der Waals surface area contributed by atoms with E-state index in [1.54, 1.807) is 32.9 Å². The van der Waals surface area contributed by atoms with Crippen LogP contribution in [-0.2, 0) is 14.8 Å². The molecule has 0 saturated heterocycles. The second kappa shape index (κ2) is 7.02. The first kappa shape index (κ1) is 17.6. The number of carbonyl (C=O) groups excluding carboxylic acids is 1. The maximum absolute atomic E-state index is 12.6. The van der Waals surface area contributed by atoms with E-state index in [1.165, 1.54) is 17.4 Å². The molecule has 1 unspecified atom stereocenters. The van der Waals surface area contributed by atoms with Crippen LogP contribution >= 0.6 is 0 Å². The minimum absolute atomic E-state index is 0.0934. The third-order valence-corrected chi connectivity index (χ3v) is 5.43. The molecule has 1 aromatic rings. The highest BCUT2D eigenvalue weighted by molar-refractivity contribution is 7.89. The number of ether oxygens (including phenoxy) is 1. The molecule has 0 radical (unpaired) electrons. The van der Waals surface area contributed by atoms with Gasteiger partial charge in [-0.05, 0) is 38.5 Å². The number of likely N-dealkylation sites (N-methyl/N-ethyl adjacent to an activating group) is 1. The van der Waals surface area contributed by atoms with E-state index >= 15 is 0 Å². The van der Waals surface area contributed by atoms with Gasteiger partial charge in [0, 0.05) is 19.6 Å². The summed E-state index contributed by atoms with van der Waals surface area (Å²) in [6.07, 6.45) is 0. The number of carbonyl (C=O) groups is 1. The van der Waals surface area contributed by atoms with Crippen LogP contribution in [0.5, 0.6) is 0 Å². The van der Waals surface area contributed by atoms with Crippen LogP contribution < -0.4 is 5.73 Å². The van der Waals surface area contributed by atoms with Crippen molar-refractivity contribution < 1.29 is 17.9 Å². The molecule has 1 aromatic carbocycles. The zero-order valence-electron chi connectivity index (χ0n) is 12.8. The van der Waals surface area contributed by atoms with Crippen LogP contribution in [-0.4, -0.2) is 44.9 Å². The van der Waals surface area contributed by atoms with E-state index < -0.39 is 16.0 Å². The number of hydrogen-bond donors (Lipinski definition) is 1. The third-order valence-electron chi connectivity index (χ3n) is 3.32.